The molecule has 2 aliphatic carbocycles. The summed E-state index contributed by atoms with van der Waals surface area (Å²) in [6.45, 7) is 6.27. The van der Waals surface area contributed by atoms with Crippen LogP contribution in [0.5, 0.6) is 0 Å². The number of amides is 1. The molecule has 3 unspecified atom stereocenters. The average Bonchev–Trinajstić information content (AvgIpc) is 2.95. The second kappa shape index (κ2) is 4.22. The molecule has 4 atom stereocenters. The van der Waals surface area contributed by atoms with Crippen LogP contribution in [0.15, 0.2) is 17.1 Å². The number of rotatable bonds is 3. The molecule has 1 aliphatic heterocycles. The second-order valence-corrected chi connectivity index (χ2v) is 7.94. The molecule has 18 heavy (non-hydrogen) atoms. The van der Waals surface area contributed by atoms with Crippen molar-refractivity contribution < 1.29 is 4.79 Å². The number of fused-ring (bicyclic) bond motifs is 2. The van der Waals surface area contributed by atoms with Crippen LogP contribution in [0.25, 0.3) is 0 Å². The first-order chi connectivity index (χ1) is 8.49. The summed E-state index contributed by atoms with van der Waals surface area (Å²) >= 11 is 1.72. The van der Waals surface area contributed by atoms with Crippen LogP contribution in [0.3, 0.4) is 0 Å². The fourth-order valence-corrected chi connectivity index (χ4v) is 4.63. The summed E-state index contributed by atoms with van der Waals surface area (Å²) in [4.78, 5) is 16.4. The molecule has 1 heterocycles. The van der Waals surface area contributed by atoms with Crippen molar-refractivity contribution in [3.05, 3.63) is 12.2 Å². The van der Waals surface area contributed by atoms with Crippen LogP contribution >= 0.6 is 11.8 Å². The molecule has 2 bridgehead atoms. The Labute approximate surface area is 113 Å². The van der Waals surface area contributed by atoms with Gasteiger partial charge in [-0.25, -0.2) is 4.99 Å². The fraction of sp³-hybridized carbons (Fsp3) is 0.733. The summed E-state index contributed by atoms with van der Waals surface area (Å²) in [5, 5.41) is 1.09. The zero-order valence-electron chi connectivity index (χ0n) is 11.3. The van der Waals surface area contributed by atoms with Gasteiger partial charge in [-0.1, -0.05) is 37.8 Å². The number of thioether (sulfide) groups is 1. The molecule has 98 valence electrons. The van der Waals surface area contributed by atoms with Crippen molar-refractivity contribution in [1.29, 1.82) is 0 Å². The molecule has 2 nitrogen and oxygen atoms in total. The van der Waals surface area contributed by atoms with E-state index >= 15 is 0 Å². The van der Waals surface area contributed by atoms with Gasteiger partial charge in [-0.2, -0.15) is 0 Å². The zero-order chi connectivity index (χ0) is 12.9. The smallest absolute Gasteiger partial charge is 0.263 e. The average molecular weight is 263 g/mol. The highest BCUT2D eigenvalue weighted by molar-refractivity contribution is 8.16. The molecule has 0 aromatic rings. The Morgan fingerprint density at radius 3 is 2.72 bits per heavy atom. The van der Waals surface area contributed by atoms with E-state index in [-0.39, 0.29) is 10.7 Å². The van der Waals surface area contributed by atoms with Gasteiger partial charge >= 0.3 is 0 Å². The lowest BCUT2D eigenvalue weighted by atomic mass is 9.91. The predicted octanol–water partition coefficient (Wildman–Crippen LogP) is 3.68. The fourth-order valence-electron chi connectivity index (χ4n) is 3.34. The Morgan fingerprint density at radius 1 is 1.44 bits per heavy atom. The van der Waals surface area contributed by atoms with E-state index in [0.29, 0.717) is 5.92 Å². The van der Waals surface area contributed by atoms with E-state index in [1.54, 1.807) is 11.8 Å². The number of carbonyl (C=O) groups is 1. The molecular weight excluding hydrogens is 242 g/mol. The van der Waals surface area contributed by atoms with E-state index in [2.05, 4.69) is 31.0 Å². The summed E-state index contributed by atoms with van der Waals surface area (Å²) in [5.74, 6) is 2.71. The van der Waals surface area contributed by atoms with Gasteiger partial charge in [0, 0.05) is 0 Å². The molecule has 0 radical (unpaired) electrons. The third-order valence-corrected chi connectivity index (χ3v) is 6.50. The van der Waals surface area contributed by atoms with Crippen molar-refractivity contribution in [3.63, 3.8) is 0 Å². The Morgan fingerprint density at radius 2 is 2.22 bits per heavy atom. The lowest BCUT2D eigenvalue weighted by Gasteiger charge is -2.25. The third-order valence-electron chi connectivity index (χ3n) is 4.94. The van der Waals surface area contributed by atoms with Gasteiger partial charge in [-0.15, -0.1) is 0 Å². The summed E-state index contributed by atoms with van der Waals surface area (Å²) in [6, 6.07) is 0. The molecule has 0 spiro atoms. The van der Waals surface area contributed by atoms with E-state index in [9.17, 15) is 4.79 Å². The standard InChI is InChI=1S/C15H21NOS/c1-9(2)15(3)14(17)16-13(18-15)8-12-7-10-4-5-11(12)6-10/h4-5,9-12H,6-8H2,1-3H3/t10?,11?,12?,15-/m0/s1. The van der Waals surface area contributed by atoms with Gasteiger partial charge in [0.1, 0.15) is 4.75 Å². The van der Waals surface area contributed by atoms with Crippen molar-refractivity contribution in [1.82, 2.24) is 0 Å². The topological polar surface area (TPSA) is 29.4 Å². The molecule has 0 N–H and O–H groups in total. The maximum absolute atomic E-state index is 12.1. The first kappa shape index (κ1) is 12.5. The molecule has 1 saturated carbocycles. The van der Waals surface area contributed by atoms with Gasteiger partial charge in [-0.3, -0.25) is 4.79 Å². The molecule has 3 aliphatic rings. The lowest BCUT2D eigenvalue weighted by Crippen LogP contribution is -2.33. The van der Waals surface area contributed by atoms with E-state index in [1.165, 1.54) is 12.8 Å². The first-order valence-electron chi connectivity index (χ1n) is 6.98. The van der Waals surface area contributed by atoms with Crippen molar-refractivity contribution in [2.24, 2.45) is 28.7 Å². The molecule has 3 heteroatoms. The van der Waals surface area contributed by atoms with Gasteiger partial charge in [0.05, 0.1) is 5.04 Å². The van der Waals surface area contributed by atoms with Gasteiger partial charge in [0.25, 0.3) is 5.91 Å². The monoisotopic (exact) mass is 263 g/mol. The van der Waals surface area contributed by atoms with Crippen molar-refractivity contribution in [2.45, 2.75) is 44.8 Å². The number of allylic oxidation sites excluding steroid dienone is 2. The van der Waals surface area contributed by atoms with E-state index in [1.807, 2.05) is 6.92 Å². The summed E-state index contributed by atoms with van der Waals surface area (Å²) < 4.78 is -0.317. The Hall–Kier alpha value is -0.570. The molecule has 3 rings (SSSR count). The lowest BCUT2D eigenvalue weighted by molar-refractivity contribution is -0.120. The van der Waals surface area contributed by atoms with Crippen LogP contribution in [0, 0.1) is 23.7 Å². The Balaban J connectivity index is 1.67. The first-order valence-corrected chi connectivity index (χ1v) is 7.80. The summed E-state index contributed by atoms with van der Waals surface area (Å²) in [6.07, 6.45) is 8.40. The highest BCUT2D eigenvalue weighted by Crippen LogP contribution is 2.48. The van der Waals surface area contributed by atoms with Gasteiger partial charge in [-0.05, 0) is 49.9 Å². The maximum atomic E-state index is 12.1. The van der Waals surface area contributed by atoms with E-state index in [0.717, 1.165) is 29.2 Å². The highest BCUT2D eigenvalue weighted by atomic mass is 32.2. The largest absolute Gasteiger partial charge is 0.271 e. The van der Waals surface area contributed by atoms with Crippen LogP contribution < -0.4 is 0 Å². The van der Waals surface area contributed by atoms with Crippen LogP contribution in [-0.2, 0) is 4.79 Å². The number of carbonyl (C=O) groups excluding carboxylic acids is 1. The number of nitrogens with zero attached hydrogens (tertiary/aromatic N) is 1. The minimum Gasteiger partial charge on any atom is -0.271 e. The van der Waals surface area contributed by atoms with E-state index in [4.69, 9.17) is 0 Å². The molecule has 1 fully saturated rings. The van der Waals surface area contributed by atoms with Gasteiger partial charge < -0.3 is 0 Å². The van der Waals surface area contributed by atoms with Crippen molar-refractivity contribution in [3.8, 4) is 0 Å². The summed E-state index contributed by atoms with van der Waals surface area (Å²) in [5.41, 5.74) is 0. The van der Waals surface area contributed by atoms with Gasteiger partial charge in [0.2, 0.25) is 0 Å². The highest BCUT2D eigenvalue weighted by Gasteiger charge is 2.45. The van der Waals surface area contributed by atoms with Crippen LogP contribution in [-0.4, -0.2) is 15.7 Å². The van der Waals surface area contributed by atoms with Crippen molar-refractivity contribution in [2.75, 3.05) is 0 Å². The Bertz CT molecular complexity index is 440. The summed E-state index contributed by atoms with van der Waals surface area (Å²) in [7, 11) is 0. The molecule has 0 aromatic carbocycles. The van der Waals surface area contributed by atoms with Gasteiger partial charge in [0.15, 0.2) is 0 Å². The number of hydrogen-bond donors (Lipinski definition) is 0. The third kappa shape index (κ3) is 1.87. The molecule has 0 aromatic heterocycles. The van der Waals surface area contributed by atoms with Crippen molar-refractivity contribution >= 4 is 22.7 Å². The maximum Gasteiger partial charge on any atom is 0.263 e. The minimum atomic E-state index is -0.317. The number of hydrogen-bond acceptors (Lipinski definition) is 2. The number of aliphatic imine (C=N–C) groups is 1. The Kier molecular flexibility index (Phi) is 2.92. The van der Waals surface area contributed by atoms with Crippen LogP contribution in [0.1, 0.15) is 40.0 Å². The van der Waals surface area contributed by atoms with Crippen LogP contribution in [0.4, 0.5) is 0 Å². The van der Waals surface area contributed by atoms with Crippen LogP contribution in [0.2, 0.25) is 0 Å². The quantitative estimate of drug-likeness (QED) is 0.727. The van der Waals surface area contributed by atoms with E-state index < -0.39 is 0 Å². The molecular formula is C15H21NOS. The predicted molar refractivity (Wildman–Crippen MR) is 76.7 cm³/mol. The normalized spacial score (nSPS) is 42.1. The SMILES string of the molecule is CC(C)[C@]1(C)SC(CC2CC3C=CC2C3)=NC1=O. The molecule has 0 saturated heterocycles. The molecule has 1 amide bonds. The second-order valence-electron chi connectivity index (χ2n) is 6.42. The minimum absolute atomic E-state index is 0.0798. The zero-order valence-corrected chi connectivity index (χ0v) is 12.2.